The van der Waals surface area contributed by atoms with Crippen LogP contribution in [0.2, 0.25) is 0 Å². The maximum Gasteiger partial charge on any atom is 0.494 e. The van der Waals surface area contributed by atoms with E-state index < -0.39 is 12.7 Å². The summed E-state index contributed by atoms with van der Waals surface area (Å²) in [6, 6.07) is 6.10. The summed E-state index contributed by atoms with van der Waals surface area (Å²) in [5, 5.41) is 10.9. The molecule has 0 radical (unpaired) electrons. The fourth-order valence-corrected chi connectivity index (χ4v) is 3.20. The van der Waals surface area contributed by atoms with E-state index in [1.165, 1.54) is 0 Å². The molecule has 2 aliphatic rings. The van der Waals surface area contributed by atoms with Gasteiger partial charge >= 0.3 is 7.12 Å². The third kappa shape index (κ3) is 3.08. The maximum absolute atomic E-state index is 10.9. The van der Waals surface area contributed by atoms with Crippen molar-refractivity contribution in [3.8, 4) is 0 Å². The Kier molecular flexibility index (Phi) is 4.12. The van der Waals surface area contributed by atoms with Gasteiger partial charge in [-0.2, -0.15) is 0 Å². The average Bonchev–Trinajstić information content (AvgIpc) is 2.68. The van der Waals surface area contributed by atoms with E-state index in [2.05, 4.69) is 6.07 Å². The van der Waals surface area contributed by atoms with Gasteiger partial charge in [0.25, 0.3) is 0 Å². The van der Waals surface area contributed by atoms with E-state index in [0.717, 1.165) is 36.0 Å². The Labute approximate surface area is 139 Å². The van der Waals surface area contributed by atoms with Gasteiger partial charge in [0.2, 0.25) is 0 Å². The normalized spacial score (nSPS) is 29.7. The summed E-state index contributed by atoms with van der Waals surface area (Å²) in [6.45, 7) is 11.3. The molecule has 2 heterocycles. The SMILES string of the molecule is Cc1cc(B2OC(C)(C)C(C)(C)O2)cc(C2(O)CCCOC2)c1. The van der Waals surface area contributed by atoms with Crippen molar-refractivity contribution in [2.75, 3.05) is 13.2 Å². The van der Waals surface area contributed by atoms with Gasteiger partial charge in [-0.15, -0.1) is 0 Å². The maximum atomic E-state index is 10.9. The number of aryl methyl sites for hydroxylation is 1. The Morgan fingerprint density at radius 2 is 1.70 bits per heavy atom. The smallest absolute Gasteiger partial charge is 0.399 e. The molecule has 1 aromatic rings. The largest absolute Gasteiger partial charge is 0.494 e. The number of hydrogen-bond donors (Lipinski definition) is 1. The lowest BCUT2D eigenvalue weighted by molar-refractivity contribution is -0.0902. The predicted molar refractivity (Wildman–Crippen MR) is 90.8 cm³/mol. The predicted octanol–water partition coefficient (Wildman–Crippen LogP) is 2.29. The molecule has 2 saturated heterocycles. The minimum Gasteiger partial charge on any atom is -0.399 e. The second kappa shape index (κ2) is 5.59. The summed E-state index contributed by atoms with van der Waals surface area (Å²) >= 11 is 0. The van der Waals surface area contributed by atoms with Gasteiger partial charge < -0.3 is 19.2 Å². The lowest BCUT2D eigenvalue weighted by Crippen LogP contribution is -2.41. The third-order valence-corrected chi connectivity index (χ3v) is 5.38. The number of aliphatic hydroxyl groups is 1. The van der Waals surface area contributed by atoms with Crippen LogP contribution in [-0.4, -0.2) is 36.6 Å². The highest BCUT2D eigenvalue weighted by atomic mass is 16.7. The highest BCUT2D eigenvalue weighted by Gasteiger charge is 2.52. The van der Waals surface area contributed by atoms with Crippen molar-refractivity contribution in [3.63, 3.8) is 0 Å². The molecule has 1 aromatic carbocycles. The van der Waals surface area contributed by atoms with Gasteiger partial charge in [-0.25, -0.2) is 0 Å². The van der Waals surface area contributed by atoms with Gasteiger partial charge in [-0.05, 0) is 58.5 Å². The van der Waals surface area contributed by atoms with Crippen molar-refractivity contribution in [2.24, 2.45) is 0 Å². The molecule has 4 nitrogen and oxygen atoms in total. The van der Waals surface area contributed by atoms with E-state index in [1.807, 2.05) is 46.8 Å². The zero-order valence-corrected chi connectivity index (χ0v) is 14.8. The lowest BCUT2D eigenvalue weighted by atomic mass is 9.75. The molecule has 126 valence electrons. The zero-order chi connectivity index (χ0) is 16.9. The topological polar surface area (TPSA) is 47.9 Å². The summed E-state index contributed by atoms with van der Waals surface area (Å²) in [7, 11) is -0.410. The highest BCUT2D eigenvalue weighted by Crippen LogP contribution is 2.37. The Balaban J connectivity index is 1.93. The molecular weight excluding hydrogens is 291 g/mol. The molecule has 23 heavy (non-hydrogen) atoms. The van der Waals surface area contributed by atoms with E-state index in [4.69, 9.17) is 14.0 Å². The van der Waals surface area contributed by atoms with Gasteiger partial charge in [0.1, 0.15) is 5.60 Å². The molecule has 0 aromatic heterocycles. The summed E-state index contributed by atoms with van der Waals surface area (Å²) in [6.07, 6.45) is 1.59. The van der Waals surface area contributed by atoms with Gasteiger partial charge in [0.15, 0.2) is 0 Å². The Morgan fingerprint density at radius 3 is 2.26 bits per heavy atom. The van der Waals surface area contributed by atoms with Crippen LogP contribution >= 0.6 is 0 Å². The first-order valence-electron chi connectivity index (χ1n) is 8.41. The lowest BCUT2D eigenvalue weighted by Gasteiger charge is -2.33. The molecule has 1 atom stereocenters. The molecule has 5 heteroatoms. The Morgan fingerprint density at radius 1 is 1.04 bits per heavy atom. The van der Waals surface area contributed by atoms with Crippen LogP contribution in [0.25, 0.3) is 0 Å². The van der Waals surface area contributed by atoms with Crippen molar-refractivity contribution in [1.82, 2.24) is 0 Å². The monoisotopic (exact) mass is 318 g/mol. The summed E-state index contributed by atoms with van der Waals surface area (Å²) in [5.74, 6) is 0. The van der Waals surface area contributed by atoms with E-state index >= 15 is 0 Å². The highest BCUT2D eigenvalue weighted by molar-refractivity contribution is 6.62. The molecule has 1 N–H and O–H groups in total. The second-order valence-electron chi connectivity index (χ2n) is 7.91. The van der Waals surface area contributed by atoms with Crippen LogP contribution in [0.1, 0.15) is 51.7 Å². The van der Waals surface area contributed by atoms with Crippen molar-refractivity contribution in [2.45, 2.75) is 64.3 Å². The van der Waals surface area contributed by atoms with E-state index in [1.54, 1.807) is 0 Å². The molecule has 2 aliphatic heterocycles. The van der Waals surface area contributed by atoms with Crippen LogP contribution in [0.5, 0.6) is 0 Å². The number of benzene rings is 1. The van der Waals surface area contributed by atoms with Gasteiger partial charge in [0, 0.05) is 6.61 Å². The van der Waals surface area contributed by atoms with Gasteiger partial charge in [-0.3, -0.25) is 0 Å². The zero-order valence-electron chi connectivity index (χ0n) is 14.8. The van der Waals surface area contributed by atoms with Crippen LogP contribution in [0, 0.1) is 6.92 Å². The van der Waals surface area contributed by atoms with Crippen LogP contribution in [0.4, 0.5) is 0 Å². The number of hydrogen-bond acceptors (Lipinski definition) is 4. The van der Waals surface area contributed by atoms with Crippen molar-refractivity contribution in [1.29, 1.82) is 0 Å². The van der Waals surface area contributed by atoms with Gasteiger partial charge in [-0.1, -0.05) is 23.8 Å². The Hall–Kier alpha value is -0.875. The quantitative estimate of drug-likeness (QED) is 0.850. The molecule has 0 bridgehead atoms. The first kappa shape index (κ1) is 17.0. The fourth-order valence-electron chi connectivity index (χ4n) is 3.20. The first-order chi connectivity index (χ1) is 10.6. The third-order valence-electron chi connectivity index (χ3n) is 5.38. The minimum absolute atomic E-state index is 0.346. The number of rotatable bonds is 2. The standard InChI is InChI=1S/C18H27BO4/c1-13-9-14(18(20)7-6-8-21-12-18)11-15(10-13)19-22-16(2,3)17(4,5)23-19/h9-11,20H,6-8,12H2,1-5H3. The molecule has 0 spiro atoms. The van der Waals surface area contributed by atoms with Crippen molar-refractivity contribution >= 4 is 12.6 Å². The molecule has 2 fully saturated rings. The summed E-state index contributed by atoms with van der Waals surface area (Å²) in [5.41, 5.74) is 1.28. The second-order valence-corrected chi connectivity index (χ2v) is 7.91. The van der Waals surface area contributed by atoms with Crippen LogP contribution in [0.15, 0.2) is 18.2 Å². The molecule has 1 unspecified atom stereocenters. The number of ether oxygens (including phenoxy) is 1. The van der Waals surface area contributed by atoms with Gasteiger partial charge in [0.05, 0.1) is 17.8 Å². The molecule has 3 rings (SSSR count). The summed E-state index contributed by atoms with van der Waals surface area (Å²) < 4.78 is 17.8. The van der Waals surface area contributed by atoms with Crippen molar-refractivity contribution in [3.05, 3.63) is 29.3 Å². The van der Waals surface area contributed by atoms with Crippen molar-refractivity contribution < 1.29 is 19.2 Å². The average molecular weight is 318 g/mol. The molecule has 0 aliphatic carbocycles. The molecule has 0 amide bonds. The van der Waals surface area contributed by atoms with E-state index in [0.29, 0.717) is 6.61 Å². The fraction of sp³-hybridized carbons (Fsp3) is 0.667. The van der Waals surface area contributed by atoms with E-state index in [9.17, 15) is 5.11 Å². The van der Waals surface area contributed by atoms with Crippen LogP contribution in [0.3, 0.4) is 0 Å². The minimum atomic E-state index is -0.914. The van der Waals surface area contributed by atoms with Crippen LogP contribution < -0.4 is 5.46 Å². The molecule has 0 saturated carbocycles. The Bertz CT molecular complexity index is 575. The summed E-state index contributed by atoms with van der Waals surface area (Å²) in [4.78, 5) is 0. The van der Waals surface area contributed by atoms with Crippen LogP contribution in [-0.2, 0) is 19.6 Å². The van der Waals surface area contributed by atoms with E-state index in [-0.39, 0.29) is 11.2 Å². The molecular formula is C18H27BO4. The first-order valence-corrected chi connectivity index (χ1v) is 8.41.